The summed E-state index contributed by atoms with van der Waals surface area (Å²) in [7, 11) is 1.98. The summed E-state index contributed by atoms with van der Waals surface area (Å²) in [4.78, 5) is 5.60. The van der Waals surface area contributed by atoms with E-state index < -0.39 is 0 Å². The highest BCUT2D eigenvalue weighted by atomic mass is 32.1. The summed E-state index contributed by atoms with van der Waals surface area (Å²) in [6.45, 7) is 5.76. The largest absolute Gasteiger partial charge is 0.307 e. The molecule has 0 unspecified atom stereocenters. The topological polar surface area (TPSA) is 47.2 Å². The Labute approximate surface area is 115 Å². The second-order valence-corrected chi connectivity index (χ2v) is 5.57. The number of hydrogen-bond acceptors (Lipinski definition) is 4. The van der Waals surface area contributed by atoms with Gasteiger partial charge < -0.3 is 5.32 Å². The Morgan fingerprint density at radius 3 is 2.84 bits per heavy atom. The Bertz CT molecular complexity index is 677. The zero-order valence-electron chi connectivity index (χ0n) is 11.3. The van der Waals surface area contributed by atoms with E-state index in [0.717, 1.165) is 29.4 Å². The number of thiazole rings is 1. The van der Waals surface area contributed by atoms with Gasteiger partial charge in [-0.2, -0.15) is 5.10 Å². The molecule has 0 aliphatic heterocycles. The Morgan fingerprint density at radius 2 is 2.16 bits per heavy atom. The molecule has 0 radical (unpaired) electrons. The molecule has 6 heteroatoms. The number of nitrogens with one attached hydrogen (secondary N) is 1. The van der Waals surface area contributed by atoms with E-state index in [-0.39, 0.29) is 0 Å². The maximum atomic E-state index is 4.55. The third-order valence-corrected chi connectivity index (χ3v) is 4.18. The summed E-state index contributed by atoms with van der Waals surface area (Å²) >= 11 is 1.66. The average Bonchev–Trinajstić information content (AvgIpc) is 2.99. The van der Waals surface area contributed by atoms with Crippen molar-refractivity contribution in [1.29, 1.82) is 0 Å². The van der Waals surface area contributed by atoms with E-state index in [1.807, 2.05) is 23.3 Å². The molecule has 5 nitrogen and oxygen atoms in total. The monoisotopic (exact) mass is 275 g/mol. The van der Waals surface area contributed by atoms with Crippen molar-refractivity contribution in [2.24, 2.45) is 7.05 Å². The summed E-state index contributed by atoms with van der Waals surface area (Å²) < 4.78 is 3.99. The zero-order chi connectivity index (χ0) is 13.4. The van der Waals surface area contributed by atoms with Crippen LogP contribution in [-0.2, 0) is 20.1 Å². The molecule has 0 aromatic carbocycles. The van der Waals surface area contributed by atoms with Gasteiger partial charge in [-0.15, -0.1) is 11.3 Å². The van der Waals surface area contributed by atoms with Crippen LogP contribution in [0.15, 0.2) is 17.8 Å². The molecular weight excluding hydrogens is 258 g/mol. The van der Waals surface area contributed by atoms with Crippen molar-refractivity contribution in [1.82, 2.24) is 24.5 Å². The standard InChI is InChI=1S/C13H17N5S/c1-9-12(10(2)17(3)16-9)7-14-6-11-8-18-4-5-19-13(18)15-11/h4-5,8,14H,6-7H2,1-3H3. The third kappa shape index (κ3) is 2.29. The molecule has 0 amide bonds. The molecule has 0 saturated heterocycles. The SMILES string of the molecule is Cc1nn(C)c(C)c1CNCc1cn2ccsc2n1. The molecule has 3 rings (SSSR count). The van der Waals surface area contributed by atoms with Crippen molar-refractivity contribution in [3.63, 3.8) is 0 Å². The molecule has 0 aliphatic rings. The van der Waals surface area contributed by atoms with E-state index in [0.29, 0.717) is 0 Å². The summed E-state index contributed by atoms with van der Waals surface area (Å²) in [5.41, 5.74) is 4.67. The minimum Gasteiger partial charge on any atom is -0.307 e. The predicted octanol–water partition coefficient (Wildman–Crippen LogP) is 2.04. The fourth-order valence-electron chi connectivity index (χ4n) is 2.25. The maximum absolute atomic E-state index is 4.55. The lowest BCUT2D eigenvalue weighted by molar-refractivity contribution is 0.675. The fraction of sp³-hybridized carbons (Fsp3) is 0.385. The van der Waals surface area contributed by atoms with E-state index in [2.05, 4.69) is 39.8 Å². The van der Waals surface area contributed by atoms with Crippen LogP contribution >= 0.6 is 11.3 Å². The summed E-state index contributed by atoms with van der Waals surface area (Å²) in [5.74, 6) is 0. The molecule has 3 aromatic heterocycles. The van der Waals surface area contributed by atoms with Gasteiger partial charge in [0.15, 0.2) is 4.96 Å². The van der Waals surface area contributed by atoms with Crippen molar-refractivity contribution in [3.05, 3.63) is 40.4 Å². The molecule has 0 bridgehead atoms. The molecule has 0 aliphatic carbocycles. The fourth-order valence-corrected chi connectivity index (χ4v) is 2.97. The van der Waals surface area contributed by atoms with Crippen LogP contribution < -0.4 is 5.32 Å². The molecule has 0 atom stereocenters. The smallest absolute Gasteiger partial charge is 0.193 e. The van der Waals surface area contributed by atoms with E-state index in [9.17, 15) is 0 Å². The first-order valence-electron chi connectivity index (χ1n) is 6.26. The van der Waals surface area contributed by atoms with E-state index in [1.54, 1.807) is 11.3 Å². The van der Waals surface area contributed by atoms with Crippen LogP contribution in [0.3, 0.4) is 0 Å². The van der Waals surface area contributed by atoms with Gasteiger partial charge in [0.2, 0.25) is 0 Å². The molecule has 1 N–H and O–H groups in total. The van der Waals surface area contributed by atoms with Gasteiger partial charge in [-0.05, 0) is 13.8 Å². The lowest BCUT2D eigenvalue weighted by atomic mass is 10.2. The van der Waals surface area contributed by atoms with E-state index in [1.165, 1.54) is 11.3 Å². The van der Waals surface area contributed by atoms with Gasteiger partial charge in [-0.3, -0.25) is 9.08 Å². The lowest BCUT2D eigenvalue weighted by Gasteiger charge is -2.03. The second-order valence-electron chi connectivity index (χ2n) is 4.70. The Kier molecular flexibility index (Phi) is 3.12. The molecule has 100 valence electrons. The highest BCUT2D eigenvalue weighted by Gasteiger charge is 2.09. The van der Waals surface area contributed by atoms with Gasteiger partial charge in [0, 0.05) is 49.2 Å². The summed E-state index contributed by atoms with van der Waals surface area (Å²) in [6, 6.07) is 0. The highest BCUT2D eigenvalue weighted by Crippen LogP contribution is 2.13. The number of imidazole rings is 1. The van der Waals surface area contributed by atoms with Crippen LogP contribution in [0.5, 0.6) is 0 Å². The van der Waals surface area contributed by atoms with Crippen molar-refractivity contribution >= 4 is 16.3 Å². The molecular formula is C13H17N5S. The normalized spacial score (nSPS) is 11.5. The minimum atomic E-state index is 0.780. The first-order chi connectivity index (χ1) is 9.15. The van der Waals surface area contributed by atoms with Crippen LogP contribution in [0.1, 0.15) is 22.6 Å². The van der Waals surface area contributed by atoms with Gasteiger partial charge in [-0.1, -0.05) is 0 Å². The highest BCUT2D eigenvalue weighted by molar-refractivity contribution is 7.15. The van der Waals surface area contributed by atoms with Crippen LogP contribution in [-0.4, -0.2) is 19.2 Å². The molecule has 3 aromatic rings. The quantitative estimate of drug-likeness (QED) is 0.792. The second kappa shape index (κ2) is 4.79. The van der Waals surface area contributed by atoms with Crippen LogP contribution in [0, 0.1) is 13.8 Å². The van der Waals surface area contributed by atoms with E-state index >= 15 is 0 Å². The average molecular weight is 275 g/mol. The third-order valence-electron chi connectivity index (χ3n) is 3.41. The van der Waals surface area contributed by atoms with Crippen LogP contribution in [0.2, 0.25) is 0 Å². The predicted molar refractivity (Wildman–Crippen MR) is 76.3 cm³/mol. The Balaban J connectivity index is 1.65. The van der Waals surface area contributed by atoms with Crippen molar-refractivity contribution in [2.75, 3.05) is 0 Å². The molecule has 0 saturated carbocycles. The minimum absolute atomic E-state index is 0.780. The van der Waals surface area contributed by atoms with Gasteiger partial charge >= 0.3 is 0 Å². The number of fused-ring (bicyclic) bond motifs is 1. The van der Waals surface area contributed by atoms with Crippen molar-refractivity contribution < 1.29 is 0 Å². The van der Waals surface area contributed by atoms with Crippen molar-refractivity contribution in [3.8, 4) is 0 Å². The Morgan fingerprint density at radius 1 is 1.32 bits per heavy atom. The maximum Gasteiger partial charge on any atom is 0.193 e. The Hall–Kier alpha value is -1.66. The molecule has 0 spiro atoms. The molecule has 0 fully saturated rings. The number of aromatic nitrogens is 4. The lowest BCUT2D eigenvalue weighted by Crippen LogP contribution is -2.14. The van der Waals surface area contributed by atoms with Gasteiger partial charge in [-0.25, -0.2) is 4.98 Å². The number of aryl methyl sites for hydroxylation is 2. The van der Waals surface area contributed by atoms with Gasteiger partial charge in [0.05, 0.1) is 11.4 Å². The summed E-state index contributed by atoms with van der Waals surface area (Å²) in [6.07, 6.45) is 4.10. The molecule has 19 heavy (non-hydrogen) atoms. The number of nitrogens with zero attached hydrogens (tertiary/aromatic N) is 4. The van der Waals surface area contributed by atoms with E-state index in [4.69, 9.17) is 0 Å². The van der Waals surface area contributed by atoms with Crippen molar-refractivity contribution in [2.45, 2.75) is 26.9 Å². The number of rotatable bonds is 4. The van der Waals surface area contributed by atoms with Crippen LogP contribution in [0.25, 0.3) is 4.96 Å². The first-order valence-corrected chi connectivity index (χ1v) is 7.14. The van der Waals surface area contributed by atoms with Crippen LogP contribution in [0.4, 0.5) is 0 Å². The van der Waals surface area contributed by atoms with Gasteiger partial charge in [0.25, 0.3) is 0 Å². The summed E-state index contributed by atoms with van der Waals surface area (Å²) in [5, 5.41) is 9.90. The van der Waals surface area contributed by atoms with Gasteiger partial charge in [0.1, 0.15) is 0 Å². The molecule has 3 heterocycles. The first kappa shape index (κ1) is 12.4. The number of hydrogen-bond donors (Lipinski definition) is 1. The zero-order valence-corrected chi connectivity index (χ0v) is 12.2.